The van der Waals surface area contributed by atoms with Gasteiger partial charge in [-0.3, -0.25) is 9.59 Å². The molecule has 2 heterocycles. The van der Waals surface area contributed by atoms with Crippen molar-refractivity contribution in [2.75, 3.05) is 13.7 Å². The highest BCUT2D eigenvalue weighted by Gasteiger charge is 2.35. The summed E-state index contributed by atoms with van der Waals surface area (Å²) >= 11 is 0. The maximum atomic E-state index is 14.2. The van der Waals surface area contributed by atoms with Gasteiger partial charge in [0.15, 0.2) is 5.69 Å². The molecule has 142 valence electrons. The van der Waals surface area contributed by atoms with Crippen molar-refractivity contribution in [3.05, 3.63) is 57.8 Å². The maximum Gasteiger partial charge on any atom is 0.328 e. The predicted octanol–water partition coefficient (Wildman–Crippen LogP) is 1.85. The normalized spacial score (nSPS) is 16.9. The van der Waals surface area contributed by atoms with Crippen LogP contribution in [0.25, 0.3) is 5.69 Å². The summed E-state index contributed by atoms with van der Waals surface area (Å²) in [5, 5.41) is 4.12. The SMILES string of the molecule is COC(=O)C1CCCCN1C(=O)c1nn(-c2ccccc2F)c(C)cc1=O. The Balaban J connectivity index is 2.05. The Labute approximate surface area is 155 Å². The van der Waals surface area contributed by atoms with Crippen LogP contribution >= 0.6 is 0 Å². The molecule has 27 heavy (non-hydrogen) atoms. The highest BCUT2D eigenvalue weighted by Crippen LogP contribution is 2.20. The summed E-state index contributed by atoms with van der Waals surface area (Å²) in [6.07, 6.45) is 1.96. The molecule has 0 radical (unpaired) electrons. The van der Waals surface area contributed by atoms with E-state index in [1.807, 2.05) is 0 Å². The quantitative estimate of drug-likeness (QED) is 0.767. The molecule has 3 rings (SSSR count). The Morgan fingerprint density at radius 2 is 2.00 bits per heavy atom. The van der Waals surface area contributed by atoms with Crippen molar-refractivity contribution in [3.63, 3.8) is 0 Å². The number of rotatable bonds is 3. The van der Waals surface area contributed by atoms with Crippen LogP contribution in [0.15, 0.2) is 35.1 Å². The van der Waals surface area contributed by atoms with E-state index in [4.69, 9.17) is 4.74 Å². The van der Waals surface area contributed by atoms with E-state index >= 15 is 0 Å². The molecule has 2 aromatic rings. The van der Waals surface area contributed by atoms with Gasteiger partial charge in [-0.1, -0.05) is 12.1 Å². The van der Waals surface area contributed by atoms with Gasteiger partial charge in [-0.2, -0.15) is 5.10 Å². The lowest BCUT2D eigenvalue weighted by molar-refractivity contribution is -0.147. The van der Waals surface area contributed by atoms with Crippen LogP contribution in [0, 0.1) is 12.7 Å². The first-order valence-electron chi connectivity index (χ1n) is 8.68. The van der Waals surface area contributed by atoms with Gasteiger partial charge in [0.1, 0.15) is 17.5 Å². The molecule has 0 saturated carbocycles. The number of aromatic nitrogens is 2. The molecule has 1 aromatic carbocycles. The first kappa shape index (κ1) is 18.8. The van der Waals surface area contributed by atoms with Crippen molar-refractivity contribution in [1.29, 1.82) is 0 Å². The summed E-state index contributed by atoms with van der Waals surface area (Å²) in [5.74, 6) is -1.70. The fourth-order valence-corrected chi connectivity index (χ4v) is 3.25. The van der Waals surface area contributed by atoms with Gasteiger partial charge in [-0.15, -0.1) is 0 Å². The van der Waals surface area contributed by atoms with Crippen LogP contribution in [-0.2, 0) is 9.53 Å². The number of piperidine rings is 1. The fraction of sp³-hybridized carbons (Fsp3) is 0.368. The summed E-state index contributed by atoms with van der Waals surface area (Å²) in [6.45, 7) is 1.93. The molecule has 0 aliphatic carbocycles. The van der Waals surface area contributed by atoms with Crippen LogP contribution < -0.4 is 5.43 Å². The summed E-state index contributed by atoms with van der Waals surface area (Å²) < 4.78 is 20.2. The molecule has 7 nitrogen and oxygen atoms in total. The summed E-state index contributed by atoms with van der Waals surface area (Å²) in [4.78, 5) is 38.7. The Kier molecular flexibility index (Phi) is 5.34. The molecule has 1 aliphatic rings. The number of carbonyl (C=O) groups excluding carboxylic acids is 2. The number of hydrogen-bond donors (Lipinski definition) is 0. The summed E-state index contributed by atoms with van der Waals surface area (Å²) in [5.41, 5.74) is -0.393. The zero-order valence-electron chi connectivity index (χ0n) is 15.1. The molecule has 0 N–H and O–H groups in total. The van der Waals surface area contributed by atoms with Crippen molar-refractivity contribution < 1.29 is 18.7 Å². The van der Waals surface area contributed by atoms with E-state index in [0.717, 1.165) is 6.42 Å². The van der Waals surface area contributed by atoms with E-state index < -0.39 is 29.2 Å². The molecule has 1 atom stereocenters. The van der Waals surface area contributed by atoms with Crippen LogP contribution in [0.5, 0.6) is 0 Å². The van der Waals surface area contributed by atoms with Gasteiger partial charge in [-0.25, -0.2) is 13.9 Å². The number of ether oxygens (including phenoxy) is 1. The van der Waals surface area contributed by atoms with Crippen molar-refractivity contribution in [2.45, 2.75) is 32.2 Å². The van der Waals surface area contributed by atoms with E-state index in [0.29, 0.717) is 25.1 Å². The molecular formula is C19H20FN3O4. The Morgan fingerprint density at radius 3 is 2.70 bits per heavy atom. The Morgan fingerprint density at radius 1 is 1.26 bits per heavy atom. The zero-order valence-corrected chi connectivity index (χ0v) is 15.1. The molecule has 1 unspecified atom stereocenters. The fourth-order valence-electron chi connectivity index (χ4n) is 3.25. The third kappa shape index (κ3) is 3.60. The number of carbonyl (C=O) groups is 2. The molecule has 0 spiro atoms. The standard InChI is InChI=1S/C19H20FN3O4/c1-12-11-16(24)17(21-23(12)14-8-4-3-7-13(14)20)18(25)22-10-6-5-9-15(22)19(26)27-2/h3-4,7-8,11,15H,5-6,9-10H2,1-2H3. The van der Waals surface area contributed by atoms with Crippen molar-refractivity contribution in [1.82, 2.24) is 14.7 Å². The number of amides is 1. The van der Waals surface area contributed by atoms with Crippen LogP contribution in [0.4, 0.5) is 4.39 Å². The van der Waals surface area contributed by atoms with Gasteiger partial charge in [0.05, 0.1) is 7.11 Å². The highest BCUT2D eigenvalue weighted by molar-refractivity contribution is 5.95. The number of nitrogens with zero attached hydrogens (tertiary/aromatic N) is 3. The number of halogens is 1. The molecular weight excluding hydrogens is 353 g/mol. The van der Waals surface area contributed by atoms with Crippen LogP contribution in [0.2, 0.25) is 0 Å². The van der Waals surface area contributed by atoms with Gasteiger partial charge < -0.3 is 9.64 Å². The average Bonchev–Trinajstić information content (AvgIpc) is 2.68. The minimum atomic E-state index is -0.749. The number of methoxy groups -OCH3 is 1. The van der Waals surface area contributed by atoms with Crippen molar-refractivity contribution in [3.8, 4) is 5.69 Å². The van der Waals surface area contributed by atoms with Gasteiger partial charge >= 0.3 is 5.97 Å². The minimum Gasteiger partial charge on any atom is -0.467 e. The lowest BCUT2D eigenvalue weighted by Crippen LogP contribution is -2.50. The van der Waals surface area contributed by atoms with E-state index in [2.05, 4.69) is 5.10 Å². The Hall–Kier alpha value is -3.03. The smallest absolute Gasteiger partial charge is 0.328 e. The molecule has 1 fully saturated rings. The van der Waals surface area contributed by atoms with Crippen molar-refractivity contribution >= 4 is 11.9 Å². The second kappa shape index (κ2) is 7.69. The van der Waals surface area contributed by atoms with E-state index in [1.54, 1.807) is 13.0 Å². The third-order valence-electron chi connectivity index (χ3n) is 4.63. The van der Waals surface area contributed by atoms with E-state index in [-0.39, 0.29) is 11.4 Å². The molecule has 1 saturated heterocycles. The monoisotopic (exact) mass is 373 g/mol. The molecule has 0 bridgehead atoms. The lowest BCUT2D eigenvalue weighted by Gasteiger charge is -2.33. The molecule has 1 aliphatic heterocycles. The first-order valence-corrected chi connectivity index (χ1v) is 8.68. The van der Waals surface area contributed by atoms with Gasteiger partial charge in [0.2, 0.25) is 5.43 Å². The van der Waals surface area contributed by atoms with Crippen LogP contribution in [0.1, 0.15) is 35.4 Å². The maximum absolute atomic E-state index is 14.2. The second-order valence-corrected chi connectivity index (χ2v) is 6.40. The number of para-hydroxylation sites is 1. The summed E-state index contributed by atoms with van der Waals surface area (Å²) in [7, 11) is 1.26. The minimum absolute atomic E-state index is 0.132. The molecule has 8 heteroatoms. The molecule has 1 aromatic heterocycles. The Bertz CT molecular complexity index is 941. The van der Waals surface area contributed by atoms with E-state index in [1.165, 1.54) is 41.0 Å². The highest BCUT2D eigenvalue weighted by atomic mass is 19.1. The zero-order chi connectivity index (χ0) is 19.6. The first-order chi connectivity index (χ1) is 12.9. The van der Waals surface area contributed by atoms with Crippen molar-refractivity contribution in [2.24, 2.45) is 0 Å². The van der Waals surface area contributed by atoms with Crippen LogP contribution in [0.3, 0.4) is 0 Å². The van der Waals surface area contributed by atoms with Crippen LogP contribution in [-0.4, -0.2) is 46.3 Å². The van der Waals surface area contributed by atoms with E-state index in [9.17, 15) is 18.8 Å². The number of aryl methyl sites for hydroxylation is 1. The molecule has 1 amide bonds. The number of benzene rings is 1. The van der Waals surface area contributed by atoms with Gasteiger partial charge in [0.25, 0.3) is 5.91 Å². The number of hydrogen-bond acceptors (Lipinski definition) is 5. The number of esters is 1. The van der Waals surface area contributed by atoms with Gasteiger partial charge in [0, 0.05) is 18.3 Å². The second-order valence-electron chi connectivity index (χ2n) is 6.40. The average molecular weight is 373 g/mol. The number of likely N-dealkylation sites (tertiary alicyclic amines) is 1. The topological polar surface area (TPSA) is 81.5 Å². The largest absolute Gasteiger partial charge is 0.467 e. The third-order valence-corrected chi connectivity index (χ3v) is 4.63. The lowest BCUT2D eigenvalue weighted by atomic mass is 10.0. The van der Waals surface area contributed by atoms with Gasteiger partial charge in [-0.05, 0) is 38.3 Å². The predicted molar refractivity (Wildman–Crippen MR) is 95.2 cm³/mol. The summed E-state index contributed by atoms with van der Waals surface area (Å²) in [6, 6.07) is 6.44.